The number of carbonyl (C=O) groups is 4. The molecule has 2 aliphatic heterocycles. The fourth-order valence-corrected chi connectivity index (χ4v) is 4.73. The van der Waals surface area contributed by atoms with E-state index in [1.54, 1.807) is 29.1 Å². The lowest BCUT2D eigenvalue weighted by Gasteiger charge is -2.54. The summed E-state index contributed by atoms with van der Waals surface area (Å²) in [5.41, 5.74) is 0.728. The molecule has 3 rings (SSSR count). The highest BCUT2D eigenvalue weighted by Gasteiger charge is 2.50. The minimum Gasteiger partial charge on any atom is -0.445 e. The number of benzene rings is 1. The van der Waals surface area contributed by atoms with E-state index in [2.05, 4.69) is 31.1 Å². The van der Waals surface area contributed by atoms with Crippen molar-refractivity contribution in [2.75, 3.05) is 39.8 Å². The average Bonchev–Trinajstić information content (AvgIpc) is 2.89. The number of nitrogens with one attached hydrogen (secondary N) is 2. The summed E-state index contributed by atoms with van der Waals surface area (Å²) >= 11 is 0. The van der Waals surface area contributed by atoms with Crippen molar-refractivity contribution in [2.45, 2.75) is 51.9 Å². The Bertz CT molecular complexity index is 1040. The lowest BCUT2D eigenvalue weighted by Crippen LogP contribution is -2.76. The molecule has 2 N–H and O–H groups in total. The second-order valence-corrected chi connectivity index (χ2v) is 10.2. The second-order valence-electron chi connectivity index (χ2n) is 10.2. The number of likely N-dealkylation sites (N-methyl/N-ethyl adjacent to an activating group) is 1. The predicted octanol–water partition coefficient (Wildman–Crippen LogP) is 2.30. The third kappa shape index (κ3) is 7.92. The van der Waals surface area contributed by atoms with Crippen LogP contribution in [0.3, 0.4) is 0 Å². The Balaban J connectivity index is 1.76. The zero-order valence-corrected chi connectivity index (χ0v) is 22.9. The molecule has 2 saturated heterocycles. The van der Waals surface area contributed by atoms with Crippen molar-refractivity contribution in [1.82, 2.24) is 30.5 Å². The van der Waals surface area contributed by atoms with Crippen LogP contribution in [0.5, 0.6) is 0 Å². The van der Waals surface area contributed by atoms with E-state index < -0.39 is 24.3 Å². The Hall–Kier alpha value is -3.67. The average molecular weight is 547 g/mol. The minimum atomic E-state index is -0.768. The van der Waals surface area contributed by atoms with E-state index in [1.165, 1.54) is 28.1 Å². The summed E-state index contributed by atoms with van der Waals surface area (Å²) in [4.78, 5) is 55.1. The lowest BCUT2D eigenvalue weighted by molar-refractivity contribution is -0.187. The molecule has 214 valence electrons. The number of urea groups is 1. The highest BCUT2D eigenvalue weighted by Crippen LogP contribution is 2.28. The van der Waals surface area contributed by atoms with Gasteiger partial charge in [0, 0.05) is 26.7 Å². The van der Waals surface area contributed by atoms with Gasteiger partial charge in [0.2, 0.25) is 11.8 Å². The molecule has 11 nitrogen and oxygen atoms in total. The van der Waals surface area contributed by atoms with E-state index in [1.807, 2.05) is 0 Å². The summed E-state index contributed by atoms with van der Waals surface area (Å²) in [7, 11) is 1.66. The molecule has 5 amide bonds. The molecule has 0 spiro atoms. The summed E-state index contributed by atoms with van der Waals surface area (Å²) in [5.74, 6) is -0.403. The Morgan fingerprint density at radius 2 is 1.92 bits per heavy atom. The van der Waals surface area contributed by atoms with Crippen molar-refractivity contribution in [3.63, 3.8) is 0 Å². The van der Waals surface area contributed by atoms with E-state index in [0.29, 0.717) is 25.3 Å². The van der Waals surface area contributed by atoms with Crippen LogP contribution in [0.25, 0.3) is 0 Å². The summed E-state index contributed by atoms with van der Waals surface area (Å²) in [6.45, 7) is 8.80. The number of nitrogens with zero attached hydrogens (tertiary/aromatic N) is 4. The maximum atomic E-state index is 13.5. The van der Waals surface area contributed by atoms with E-state index in [4.69, 9.17) is 4.74 Å². The number of hydrazine groups is 1. The molecule has 12 heteroatoms. The molecular formula is C27H39FN6O5. The van der Waals surface area contributed by atoms with Gasteiger partial charge in [0.1, 0.15) is 24.6 Å². The molecule has 1 aromatic rings. The summed E-state index contributed by atoms with van der Waals surface area (Å²) in [6, 6.07) is 4.65. The van der Waals surface area contributed by atoms with Gasteiger partial charge >= 0.3 is 12.1 Å². The Labute approximate surface area is 228 Å². The molecule has 0 saturated carbocycles. The summed E-state index contributed by atoms with van der Waals surface area (Å²) in [5, 5.41) is 8.53. The number of hydrogen-bond acceptors (Lipinski definition) is 6. The smallest absolute Gasteiger partial charge is 0.407 e. The molecule has 0 unspecified atom stereocenters. The number of hydrogen-bond donors (Lipinski definition) is 2. The molecule has 2 heterocycles. The van der Waals surface area contributed by atoms with E-state index >= 15 is 0 Å². The predicted molar refractivity (Wildman–Crippen MR) is 142 cm³/mol. The van der Waals surface area contributed by atoms with E-state index in [9.17, 15) is 23.6 Å². The summed E-state index contributed by atoms with van der Waals surface area (Å²) in [6.07, 6.45) is 1.72. The van der Waals surface area contributed by atoms with Crippen LogP contribution in [0, 0.1) is 11.7 Å². The Morgan fingerprint density at radius 3 is 2.59 bits per heavy atom. The number of carbonyl (C=O) groups excluding carboxylic acids is 4. The maximum Gasteiger partial charge on any atom is 0.407 e. The monoisotopic (exact) mass is 546 g/mol. The zero-order valence-electron chi connectivity index (χ0n) is 22.9. The molecule has 2 atom stereocenters. The van der Waals surface area contributed by atoms with E-state index in [-0.39, 0.29) is 50.4 Å². The van der Waals surface area contributed by atoms with Gasteiger partial charge < -0.3 is 25.2 Å². The molecular weight excluding hydrogens is 507 g/mol. The van der Waals surface area contributed by atoms with Crippen molar-refractivity contribution >= 4 is 23.9 Å². The largest absolute Gasteiger partial charge is 0.445 e. The van der Waals surface area contributed by atoms with Crippen molar-refractivity contribution < 1.29 is 28.3 Å². The van der Waals surface area contributed by atoms with Crippen molar-refractivity contribution in [1.29, 1.82) is 0 Å². The van der Waals surface area contributed by atoms with Gasteiger partial charge in [-0.2, -0.15) is 0 Å². The van der Waals surface area contributed by atoms with Gasteiger partial charge in [-0.1, -0.05) is 38.6 Å². The Morgan fingerprint density at radius 1 is 1.21 bits per heavy atom. The fraction of sp³-hybridized carbons (Fsp3) is 0.556. The minimum absolute atomic E-state index is 0.0671. The molecule has 2 aliphatic rings. The van der Waals surface area contributed by atoms with Crippen LogP contribution < -0.4 is 10.6 Å². The second kappa shape index (κ2) is 13.9. The van der Waals surface area contributed by atoms with Gasteiger partial charge in [0.05, 0.1) is 13.1 Å². The SMILES string of the molecule is C=CCOC(=O)NCCC[C@H]1C(=O)N(CCC(C)C)C[C@H]2N1C(=O)CN(C)N2C(=O)NCc1ccc(F)cc1. The van der Waals surface area contributed by atoms with Crippen LogP contribution in [0.15, 0.2) is 36.9 Å². The number of piperazine rings is 1. The van der Waals surface area contributed by atoms with Crippen LogP contribution >= 0.6 is 0 Å². The lowest BCUT2D eigenvalue weighted by atomic mass is 10.0. The third-order valence-corrected chi connectivity index (χ3v) is 6.74. The van der Waals surface area contributed by atoms with Crippen molar-refractivity contribution in [2.24, 2.45) is 5.92 Å². The van der Waals surface area contributed by atoms with Gasteiger partial charge in [-0.3, -0.25) is 9.59 Å². The van der Waals surface area contributed by atoms with Crippen LogP contribution in [-0.4, -0.2) is 95.8 Å². The first kappa shape index (κ1) is 29.9. The molecule has 0 aliphatic carbocycles. The quantitative estimate of drug-likeness (QED) is 0.325. The Kier molecular flexibility index (Phi) is 10.7. The normalized spacial score (nSPS) is 19.7. The summed E-state index contributed by atoms with van der Waals surface area (Å²) < 4.78 is 18.2. The van der Waals surface area contributed by atoms with Crippen LogP contribution in [-0.2, 0) is 20.9 Å². The number of fused-ring (bicyclic) bond motifs is 1. The first-order chi connectivity index (χ1) is 18.6. The fourth-order valence-electron chi connectivity index (χ4n) is 4.73. The standard InChI is InChI=1S/C27H39FN6O5/c1-5-15-39-27(38)29-13-6-7-22-25(36)32(14-12-19(2)3)17-23-33(22)24(35)18-31(4)34(23)26(37)30-16-20-8-10-21(28)11-9-20/h5,8-11,19,22-23H,1,6-7,12-18H2,2-4H3,(H,29,38)(H,30,37)/t22-,23-/m0/s1. The number of halogens is 1. The highest BCUT2D eigenvalue weighted by molar-refractivity contribution is 5.91. The number of rotatable bonds is 11. The first-order valence-electron chi connectivity index (χ1n) is 13.3. The van der Waals surface area contributed by atoms with Crippen LogP contribution in [0.4, 0.5) is 14.0 Å². The van der Waals surface area contributed by atoms with E-state index in [0.717, 1.165) is 12.0 Å². The maximum absolute atomic E-state index is 13.5. The molecule has 0 aromatic heterocycles. The van der Waals surface area contributed by atoms with Gasteiger partial charge in [0.25, 0.3) is 0 Å². The molecule has 2 fully saturated rings. The molecule has 39 heavy (non-hydrogen) atoms. The molecule has 0 bridgehead atoms. The highest BCUT2D eigenvalue weighted by atomic mass is 19.1. The number of amides is 5. The van der Waals surface area contributed by atoms with Gasteiger partial charge in [0.15, 0.2) is 0 Å². The number of alkyl carbamates (subject to hydrolysis) is 1. The molecule has 0 radical (unpaired) electrons. The van der Waals surface area contributed by atoms with Crippen LogP contribution in [0.1, 0.15) is 38.7 Å². The van der Waals surface area contributed by atoms with Crippen molar-refractivity contribution in [3.05, 3.63) is 48.3 Å². The van der Waals surface area contributed by atoms with Gasteiger partial charge in [-0.15, -0.1) is 0 Å². The zero-order chi connectivity index (χ0) is 28.5. The van der Waals surface area contributed by atoms with Gasteiger partial charge in [-0.05, 0) is 42.9 Å². The van der Waals surface area contributed by atoms with Crippen molar-refractivity contribution in [3.8, 4) is 0 Å². The third-order valence-electron chi connectivity index (χ3n) is 6.74. The van der Waals surface area contributed by atoms with Gasteiger partial charge in [-0.25, -0.2) is 24.0 Å². The topological polar surface area (TPSA) is 115 Å². The number of ether oxygens (including phenoxy) is 1. The van der Waals surface area contributed by atoms with Crippen LogP contribution in [0.2, 0.25) is 0 Å². The molecule has 1 aromatic carbocycles. The first-order valence-corrected chi connectivity index (χ1v) is 13.3.